The van der Waals surface area contributed by atoms with Crippen molar-refractivity contribution in [3.8, 4) is 11.4 Å². The molecule has 0 aliphatic heterocycles. The van der Waals surface area contributed by atoms with Crippen molar-refractivity contribution in [2.45, 2.75) is 19.9 Å². The first-order valence-electron chi connectivity index (χ1n) is 6.81. The highest BCUT2D eigenvalue weighted by atomic mass is 32.1. The zero-order valence-electron chi connectivity index (χ0n) is 11.9. The molecule has 1 aromatic carbocycles. The van der Waals surface area contributed by atoms with E-state index < -0.39 is 0 Å². The lowest BCUT2D eigenvalue weighted by molar-refractivity contribution is 0.631. The van der Waals surface area contributed by atoms with E-state index in [2.05, 4.69) is 41.2 Å². The van der Waals surface area contributed by atoms with Crippen LogP contribution < -0.4 is 0 Å². The maximum Gasteiger partial charge on any atom is 0.196 e. The lowest BCUT2D eigenvalue weighted by Crippen LogP contribution is -2.10. The summed E-state index contributed by atoms with van der Waals surface area (Å²) >= 11 is 5.42. The second-order valence-corrected chi connectivity index (χ2v) is 5.38. The molecule has 0 fully saturated rings. The molecule has 0 radical (unpaired) electrons. The lowest BCUT2D eigenvalue weighted by Gasteiger charge is -2.18. The molecule has 2 heterocycles. The fourth-order valence-corrected chi connectivity index (χ4v) is 2.85. The maximum atomic E-state index is 5.42. The van der Waals surface area contributed by atoms with Gasteiger partial charge in [0, 0.05) is 18.0 Å². The first-order chi connectivity index (χ1) is 10.2. The molecule has 0 amide bonds. The topological polar surface area (TPSA) is 46.5 Å². The van der Waals surface area contributed by atoms with Crippen LogP contribution in [0.15, 0.2) is 48.8 Å². The van der Waals surface area contributed by atoms with Gasteiger partial charge in [-0.05, 0) is 49.3 Å². The van der Waals surface area contributed by atoms with Crippen LogP contribution in [0.25, 0.3) is 11.4 Å². The summed E-state index contributed by atoms with van der Waals surface area (Å²) in [5.74, 6) is 0.809. The van der Waals surface area contributed by atoms with Crippen LogP contribution >= 0.6 is 12.2 Å². The highest BCUT2D eigenvalue weighted by Crippen LogP contribution is 2.26. The third-order valence-electron chi connectivity index (χ3n) is 3.65. The van der Waals surface area contributed by atoms with Crippen molar-refractivity contribution in [3.05, 3.63) is 64.7 Å². The number of aromatic amines is 1. The molecule has 1 unspecified atom stereocenters. The van der Waals surface area contributed by atoms with Gasteiger partial charge in [0.2, 0.25) is 0 Å². The van der Waals surface area contributed by atoms with Gasteiger partial charge in [-0.15, -0.1) is 0 Å². The molecule has 0 spiro atoms. The fraction of sp³-hybridized carbons (Fsp3) is 0.188. The van der Waals surface area contributed by atoms with Crippen molar-refractivity contribution < 1.29 is 0 Å². The predicted octanol–water partition coefficient (Wildman–Crippen LogP) is 3.92. The summed E-state index contributed by atoms with van der Waals surface area (Å²) in [6.45, 7) is 4.24. The van der Waals surface area contributed by atoms with Crippen LogP contribution in [-0.2, 0) is 0 Å². The SMILES string of the molecule is Cc1ccccc1C(C)n1c(-c2cccnc2)n[nH]c1=S. The molecule has 3 aromatic rings. The number of pyridine rings is 1. The molecule has 0 saturated carbocycles. The first-order valence-corrected chi connectivity index (χ1v) is 7.22. The molecule has 1 atom stereocenters. The molecule has 0 bridgehead atoms. The number of rotatable bonds is 3. The summed E-state index contributed by atoms with van der Waals surface area (Å²) in [5, 5.41) is 7.26. The van der Waals surface area contributed by atoms with E-state index in [0.29, 0.717) is 4.77 Å². The third kappa shape index (κ3) is 2.52. The Balaban J connectivity index is 2.14. The van der Waals surface area contributed by atoms with Gasteiger partial charge in [-0.1, -0.05) is 24.3 Å². The van der Waals surface area contributed by atoms with Crippen LogP contribution in [0.1, 0.15) is 24.1 Å². The van der Waals surface area contributed by atoms with Gasteiger partial charge in [0.1, 0.15) is 0 Å². The Morgan fingerprint density at radius 3 is 2.71 bits per heavy atom. The van der Waals surface area contributed by atoms with Crippen molar-refractivity contribution >= 4 is 12.2 Å². The number of nitrogens with zero attached hydrogens (tertiary/aromatic N) is 3. The van der Waals surface area contributed by atoms with Gasteiger partial charge < -0.3 is 0 Å². The van der Waals surface area contributed by atoms with Gasteiger partial charge in [0.25, 0.3) is 0 Å². The van der Waals surface area contributed by atoms with E-state index in [1.807, 2.05) is 28.8 Å². The van der Waals surface area contributed by atoms with Gasteiger partial charge in [-0.3, -0.25) is 14.6 Å². The largest absolute Gasteiger partial charge is 0.293 e. The Hall–Kier alpha value is -2.27. The zero-order chi connectivity index (χ0) is 14.8. The van der Waals surface area contributed by atoms with E-state index in [1.54, 1.807) is 12.4 Å². The molecule has 1 N–H and O–H groups in total. The van der Waals surface area contributed by atoms with Crippen LogP contribution in [0.4, 0.5) is 0 Å². The van der Waals surface area contributed by atoms with Gasteiger partial charge in [0.05, 0.1) is 6.04 Å². The molecule has 0 saturated heterocycles. The summed E-state index contributed by atoms with van der Waals surface area (Å²) in [5.41, 5.74) is 3.43. The number of benzene rings is 1. The Labute approximate surface area is 128 Å². The van der Waals surface area contributed by atoms with Gasteiger partial charge in [0.15, 0.2) is 10.6 Å². The Morgan fingerprint density at radius 1 is 1.19 bits per heavy atom. The average Bonchev–Trinajstić information content (AvgIpc) is 2.90. The smallest absolute Gasteiger partial charge is 0.196 e. The van der Waals surface area contributed by atoms with E-state index >= 15 is 0 Å². The molecular formula is C16H16N4S. The van der Waals surface area contributed by atoms with E-state index in [-0.39, 0.29) is 6.04 Å². The van der Waals surface area contributed by atoms with Crippen LogP contribution in [0.5, 0.6) is 0 Å². The molecule has 21 heavy (non-hydrogen) atoms. The van der Waals surface area contributed by atoms with Crippen LogP contribution in [0.3, 0.4) is 0 Å². The van der Waals surface area contributed by atoms with Crippen LogP contribution in [0.2, 0.25) is 0 Å². The molecular weight excluding hydrogens is 280 g/mol. The second-order valence-electron chi connectivity index (χ2n) is 5.00. The predicted molar refractivity (Wildman–Crippen MR) is 85.6 cm³/mol. The lowest BCUT2D eigenvalue weighted by atomic mass is 10.0. The standard InChI is InChI=1S/C16H16N4S/c1-11-6-3-4-8-14(11)12(2)20-15(18-19-16(20)21)13-7-5-9-17-10-13/h3-10,12H,1-2H3,(H,19,21). The number of nitrogens with one attached hydrogen (secondary N) is 1. The van der Waals surface area contributed by atoms with E-state index in [4.69, 9.17) is 12.2 Å². The minimum absolute atomic E-state index is 0.104. The molecule has 0 aliphatic rings. The van der Waals surface area contributed by atoms with Gasteiger partial charge >= 0.3 is 0 Å². The summed E-state index contributed by atoms with van der Waals surface area (Å²) in [6, 6.07) is 12.3. The van der Waals surface area contributed by atoms with Crippen molar-refractivity contribution in [1.82, 2.24) is 19.7 Å². The molecule has 2 aromatic heterocycles. The van der Waals surface area contributed by atoms with E-state index in [1.165, 1.54) is 11.1 Å². The highest BCUT2D eigenvalue weighted by Gasteiger charge is 2.17. The molecule has 5 heteroatoms. The van der Waals surface area contributed by atoms with Crippen molar-refractivity contribution in [1.29, 1.82) is 0 Å². The molecule has 106 valence electrons. The fourth-order valence-electron chi connectivity index (χ4n) is 2.56. The summed E-state index contributed by atoms with van der Waals surface area (Å²) in [7, 11) is 0. The molecule has 3 rings (SSSR count). The monoisotopic (exact) mass is 296 g/mol. The summed E-state index contributed by atoms with van der Waals surface area (Å²) in [4.78, 5) is 4.16. The zero-order valence-corrected chi connectivity index (χ0v) is 12.8. The van der Waals surface area contributed by atoms with Crippen LogP contribution in [-0.4, -0.2) is 19.7 Å². The number of hydrogen-bond donors (Lipinski definition) is 1. The third-order valence-corrected chi connectivity index (χ3v) is 3.94. The Morgan fingerprint density at radius 2 is 2.00 bits per heavy atom. The van der Waals surface area contributed by atoms with Gasteiger partial charge in [-0.2, -0.15) is 5.10 Å². The number of aromatic nitrogens is 4. The summed E-state index contributed by atoms with van der Waals surface area (Å²) in [6.07, 6.45) is 3.55. The minimum atomic E-state index is 0.104. The number of aryl methyl sites for hydroxylation is 1. The quantitative estimate of drug-likeness (QED) is 0.745. The highest BCUT2D eigenvalue weighted by molar-refractivity contribution is 7.71. The Kier molecular flexibility index (Phi) is 3.66. The van der Waals surface area contributed by atoms with Crippen LogP contribution in [0, 0.1) is 11.7 Å². The van der Waals surface area contributed by atoms with E-state index in [0.717, 1.165) is 11.4 Å². The number of H-pyrrole nitrogens is 1. The second kappa shape index (κ2) is 5.61. The van der Waals surface area contributed by atoms with Crippen molar-refractivity contribution in [3.63, 3.8) is 0 Å². The normalized spacial score (nSPS) is 12.3. The van der Waals surface area contributed by atoms with Crippen molar-refractivity contribution in [2.24, 2.45) is 0 Å². The van der Waals surface area contributed by atoms with Gasteiger partial charge in [-0.25, -0.2) is 0 Å². The maximum absolute atomic E-state index is 5.42. The Bertz CT molecular complexity index is 804. The molecule has 4 nitrogen and oxygen atoms in total. The summed E-state index contributed by atoms with van der Waals surface area (Å²) < 4.78 is 2.65. The minimum Gasteiger partial charge on any atom is -0.293 e. The van der Waals surface area contributed by atoms with E-state index in [9.17, 15) is 0 Å². The molecule has 0 aliphatic carbocycles. The number of hydrogen-bond acceptors (Lipinski definition) is 3. The van der Waals surface area contributed by atoms with Crippen molar-refractivity contribution in [2.75, 3.05) is 0 Å². The average molecular weight is 296 g/mol. The first kappa shape index (κ1) is 13.7.